The zero-order chi connectivity index (χ0) is 22.2. The summed E-state index contributed by atoms with van der Waals surface area (Å²) in [6.45, 7) is 13.2. The molecule has 0 radical (unpaired) electrons. The van der Waals surface area contributed by atoms with Gasteiger partial charge in [0.05, 0.1) is 12.7 Å². The molecular weight excluding hydrogens is 372 g/mol. The Kier molecular flexibility index (Phi) is 9.65. The second-order valence-electron chi connectivity index (χ2n) is 10.7. The van der Waals surface area contributed by atoms with Crippen molar-refractivity contribution in [2.24, 2.45) is 11.3 Å². The molecular formula is C26H46N2O2. The predicted molar refractivity (Wildman–Crippen MR) is 128 cm³/mol. The number of rotatable bonds is 12. The van der Waals surface area contributed by atoms with Crippen LogP contribution in [-0.2, 0) is 4.74 Å². The summed E-state index contributed by atoms with van der Waals surface area (Å²) in [5.41, 5.74) is 1.70. The SMILES string of the molecule is COc1ccc(C(CCNCC2(CN(C)C)CCOC(C)(C)C2)CCC(C)C)cc1. The summed E-state index contributed by atoms with van der Waals surface area (Å²) < 4.78 is 11.4. The van der Waals surface area contributed by atoms with Crippen molar-refractivity contribution in [3.05, 3.63) is 29.8 Å². The normalized spacial score (nSPS) is 22.4. The van der Waals surface area contributed by atoms with Gasteiger partial charge in [-0.2, -0.15) is 0 Å². The van der Waals surface area contributed by atoms with Gasteiger partial charge in [0.2, 0.25) is 0 Å². The van der Waals surface area contributed by atoms with Crippen LogP contribution in [0.1, 0.15) is 71.3 Å². The zero-order valence-corrected chi connectivity index (χ0v) is 20.6. The lowest BCUT2D eigenvalue weighted by Gasteiger charge is -2.46. The van der Waals surface area contributed by atoms with E-state index in [9.17, 15) is 0 Å². The maximum Gasteiger partial charge on any atom is 0.118 e. The first-order chi connectivity index (χ1) is 14.1. The minimum Gasteiger partial charge on any atom is -0.497 e. The number of nitrogens with one attached hydrogen (secondary N) is 1. The molecule has 1 aliphatic rings. The molecule has 1 aromatic carbocycles. The van der Waals surface area contributed by atoms with Crippen LogP contribution in [0.3, 0.4) is 0 Å². The van der Waals surface area contributed by atoms with Gasteiger partial charge in [-0.25, -0.2) is 0 Å². The lowest BCUT2D eigenvalue weighted by Crippen LogP contribution is -2.51. The molecule has 0 bridgehead atoms. The Morgan fingerprint density at radius 1 is 1.10 bits per heavy atom. The summed E-state index contributed by atoms with van der Waals surface area (Å²) in [7, 11) is 6.11. The quantitative estimate of drug-likeness (QED) is 0.465. The molecule has 2 rings (SSSR count). The van der Waals surface area contributed by atoms with Gasteiger partial charge in [-0.3, -0.25) is 0 Å². The molecule has 4 heteroatoms. The van der Waals surface area contributed by atoms with E-state index >= 15 is 0 Å². The summed E-state index contributed by atoms with van der Waals surface area (Å²) >= 11 is 0. The van der Waals surface area contributed by atoms with Crippen molar-refractivity contribution in [1.82, 2.24) is 10.2 Å². The standard InChI is InChI=1S/C26H46N2O2/c1-21(2)8-9-23(22-10-12-24(29-7)13-11-22)14-16-27-19-26(20-28(5)6)15-17-30-25(3,4)18-26/h10-13,21,23,27H,8-9,14-20H2,1-7H3. The van der Waals surface area contributed by atoms with E-state index in [4.69, 9.17) is 9.47 Å². The second kappa shape index (κ2) is 11.5. The van der Waals surface area contributed by atoms with Gasteiger partial charge in [-0.05, 0) is 89.7 Å². The molecule has 2 unspecified atom stereocenters. The van der Waals surface area contributed by atoms with Crippen LogP contribution in [0.15, 0.2) is 24.3 Å². The maximum absolute atomic E-state index is 6.02. The second-order valence-corrected chi connectivity index (χ2v) is 10.7. The maximum atomic E-state index is 6.02. The van der Waals surface area contributed by atoms with E-state index in [0.29, 0.717) is 11.3 Å². The number of ether oxygens (including phenoxy) is 2. The summed E-state index contributed by atoms with van der Waals surface area (Å²) in [5.74, 6) is 2.28. The van der Waals surface area contributed by atoms with Crippen molar-refractivity contribution in [3.8, 4) is 5.75 Å². The third-order valence-electron chi connectivity index (χ3n) is 6.43. The molecule has 1 fully saturated rings. The largest absolute Gasteiger partial charge is 0.497 e. The molecule has 0 aromatic heterocycles. The summed E-state index contributed by atoms with van der Waals surface area (Å²) in [5, 5.41) is 3.84. The van der Waals surface area contributed by atoms with Crippen molar-refractivity contribution in [3.63, 3.8) is 0 Å². The zero-order valence-electron chi connectivity index (χ0n) is 20.6. The molecule has 30 heavy (non-hydrogen) atoms. The van der Waals surface area contributed by atoms with E-state index in [0.717, 1.165) is 50.8 Å². The molecule has 0 amide bonds. The number of methoxy groups -OCH3 is 1. The van der Waals surface area contributed by atoms with Crippen molar-refractivity contribution >= 4 is 0 Å². The lowest BCUT2D eigenvalue weighted by molar-refractivity contribution is -0.109. The highest BCUT2D eigenvalue weighted by Gasteiger charge is 2.40. The van der Waals surface area contributed by atoms with Crippen molar-refractivity contribution in [1.29, 1.82) is 0 Å². The van der Waals surface area contributed by atoms with Gasteiger partial charge in [0.25, 0.3) is 0 Å². The molecule has 172 valence electrons. The van der Waals surface area contributed by atoms with E-state index in [-0.39, 0.29) is 5.60 Å². The highest BCUT2D eigenvalue weighted by Crippen LogP contribution is 2.39. The molecule has 4 nitrogen and oxygen atoms in total. The fourth-order valence-corrected chi connectivity index (χ4v) is 5.12. The van der Waals surface area contributed by atoms with Gasteiger partial charge in [-0.1, -0.05) is 32.4 Å². The Balaban J connectivity index is 1.96. The van der Waals surface area contributed by atoms with Crippen LogP contribution in [0.5, 0.6) is 5.75 Å². The van der Waals surface area contributed by atoms with Crippen molar-refractivity contribution in [2.75, 3.05) is 47.4 Å². The minimum absolute atomic E-state index is 0.0289. The smallest absolute Gasteiger partial charge is 0.118 e. The lowest BCUT2D eigenvalue weighted by atomic mass is 9.73. The Bertz CT molecular complexity index is 612. The molecule has 0 spiro atoms. The van der Waals surface area contributed by atoms with E-state index < -0.39 is 0 Å². The van der Waals surface area contributed by atoms with E-state index in [2.05, 4.69) is 76.3 Å². The predicted octanol–water partition coefficient (Wildman–Crippen LogP) is 5.33. The Labute approximate surface area is 185 Å². The molecule has 0 aliphatic carbocycles. The number of hydrogen-bond acceptors (Lipinski definition) is 4. The van der Waals surface area contributed by atoms with Crippen LogP contribution >= 0.6 is 0 Å². The third-order valence-corrected chi connectivity index (χ3v) is 6.43. The van der Waals surface area contributed by atoms with E-state index in [1.54, 1.807) is 7.11 Å². The molecule has 1 saturated heterocycles. The molecule has 0 saturated carbocycles. The first kappa shape index (κ1) is 25.2. The average Bonchev–Trinajstić information content (AvgIpc) is 2.66. The fraction of sp³-hybridized carbons (Fsp3) is 0.769. The highest BCUT2D eigenvalue weighted by atomic mass is 16.5. The van der Waals surface area contributed by atoms with Crippen molar-refractivity contribution < 1.29 is 9.47 Å². The van der Waals surface area contributed by atoms with Crippen LogP contribution < -0.4 is 10.1 Å². The molecule has 2 atom stereocenters. The van der Waals surface area contributed by atoms with Gasteiger partial charge in [0, 0.05) is 25.1 Å². The Morgan fingerprint density at radius 3 is 2.37 bits per heavy atom. The Hall–Kier alpha value is -1.10. The van der Waals surface area contributed by atoms with Crippen molar-refractivity contribution in [2.45, 2.75) is 71.3 Å². The fourth-order valence-electron chi connectivity index (χ4n) is 5.12. The Morgan fingerprint density at radius 2 is 1.80 bits per heavy atom. The van der Waals surface area contributed by atoms with Crippen LogP contribution in [0, 0.1) is 11.3 Å². The van der Waals surface area contributed by atoms with Gasteiger partial charge >= 0.3 is 0 Å². The average molecular weight is 419 g/mol. The summed E-state index contributed by atoms with van der Waals surface area (Å²) in [6.07, 6.45) is 5.94. The minimum atomic E-state index is -0.0289. The van der Waals surface area contributed by atoms with Gasteiger partial charge < -0.3 is 19.7 Å². The van der Waals surface area contributed by atoms with Gasteiger partial charge in [-0.15, -0.1) is 0 Å². The summed E-state index contributed by atoms with van der Waals surface area (Å²) in [6, 6.07) is 8.69. The molecule has 1 N–H and O–H groups in total. The summed E-state index contributed by atoms with van der Waals surface area (Å²) in [4.78, 5) is 2.34. The van der Waals surface area contributed by atoms with Crippen LogP contribution in [0.4, 0.5) is 0 Å². The van der Waals surface area contributed by atoms with Gasteiger partial charge in [0.15, 0.2) is 0 Å². The molecule has 1 aromatic rings. The number of benzene rings is 1. The third kappa shape index (κ3) is 8.20. The monoisotopic (exact) mass is 418 g/mol. The number of hydrogen-bond donors (Lipinski definition) is 1. The van der Waals surface area contributed by atoms with E-state index in [1.165, 1.54) is 24.8 Å². The first-order valence-electron chi connectivity index (χ1n) is 11.8. The first-order valence-corrected chi connectivity index (χ1v) is 11.8. The van der Waals surface area contributed by atoms with Crippen LogP contribution in [-0.4, -0.2) is 57.9 Å². The highest BCUT2D eigenvalue weighted by molar-refractivity contribution is 5.29. The van der Waals surface area contributed by atoms with Gasteiger partial charge in [0.1, 0.15) is 5.75 Å². The van der Waals surface area contributed by atoms with Crippen LogP contribution in [0.25, 0.3) is 0 Å². The van der Waals surface area contributed by atoms with Crippen LogP contribution in [0.2, 0.25) is 0 Å². The number of nitrogens with zero attached hydrogens (tertiary/aromatic N) is 1. The van der Waals surface area contributed by atoms with E-state index in [1.807, 2.05) is 0 Å². The molecule has 1 heterocycles. The molecule has 1 aliphatic heterocycles. The topological polar surface area (TPSA) is 33.7 Å².